The summed E-state index contributed by atoms with van der Waals surface area (Å²) in [6.45, 7) is 6.31. The lowest BCUT2D eigenvalue weighted by Crippen LogP contribution is -2.35. The summed E-state index contributed by atoms with van der Waals surface area (Å²) in [6, 6.07) is 13.2. The molecule has 2 aliphatic heterocycles. The molecule has 0 aliphatic carbocycles. The van der Waals surface area contributed by atoms with E-state index in [2.05, 4.69) is 6.58 Å². The summed E-state index contributed by atoms with van der Waals surface area (Å²) in [7, 11) is 0. The van der Waals surface area contributed by atoms with Gasteiger partial charge in [-0.05, 0) is 35.8 Å². The highest BCUT2D eigenvalue weighted by Gasteiger charge is 2.42. The van der Waals surface area contributed by atoms with Crippen molar-refractivity contribution >= 4 is 23.4 Å². The van der Waals surface area contributed by atoms with E-state index < -0.39 is 0 Å². The topological polar surface area (TPSA) is 60.9 Å². The smallest absolute Gasteiger partial charge is 0.245 e. The van der Waals surface area contributed by atoms with Crippen LogP contribution in [0.4, 0.5) is 0 Å². The van der Waals surface area contributed by atoms with Crippen LogP contribution in [0, 0.1) is 11.8 Å². The fourth-order valence-electron chi connectivity index (χ4n) is 4.55. The van der Waals surface area contributed by atoms with E-state index in [0.29, 0.717) is 61.4 Å². The largest absolute Gasteiger partial charge is 0.508 e. The molecule has 2 unspecified atom stereocenters. The van der Waals surface area contributed by atoms with E-state index in [9.17, 15) is 14.7 Å². The Balaban J connectivity index is 1.38. The zero-order valence-corrected chi connectivity index (χ0v) is 17.5. The minimum absolute atomic E-state index is 0.0327. The van der Waals surface area contributed by atoms with Crippen molar-refractivity contribution in [1.29, 1.82) is 0 Å². The van der Waals surface area contributed by atoms with Crippen LogP contribution in [0.25, 0.3) is 11.1 Å². The van der Waals surface area contributed by atoms with Gasteiger partial charge in [0, 0.05) is 50.0 Å². The Labute approximate surface area is 181 Å². The molecule has 2 aromatic rings. The molecule has 6 heteroatoms. The molecular formula is C24H25ClN2O3. The molecule has 4 rings (SSSR count). The average Bonchev–Trinajstić information content (AvgIpc) is 3.32. The van der Waals surface area contributed by atoms with E-state index in [0.717, 1.165) is 11.1 Å². The van der Waals surface area contributed by atoms with Crippen LogP contribution < -0.4 is 0 Å². The van der Waals surface area contributed by atoms with Gasteiger partial charge >= 0.3 is 0 Å². The Morgan fingerprint density at radius 3 is 2.33 bits per heavy atom. The summed E-state index contributed by atoms with van der Waals surface area (Å²) in [6.07, 6.45) is 2.14. The Morgan fingerprint density at radius 1 is 1.07 bits per heavy atom. The lowest BCUT2D eigenvalue weighted by atomic mass is 9.99. The SMILES string of the molecule is C=CC(=O)N1CC2CN(C(=O)CCc3cc(-c4ccccc4)c(Cl)cc3O)CC2C1. The van der Waals surface area contributed by atoms with Crippen LogP contribution in [0.1, 0.15) is 12.0 Å². The van der Waals surface area contributed by atoms with E-state index >= 15 is 0 Å². The monoisotopic (exact) mass is 424 g/mol. The molecule has 2 aromatic carbocycles. The first kappa shape index (κ1) is 20.5. The van der Waals surface area contributed by atoms with Crippen molar-refractivity contribution in [3.05, 3.63) is 65.7 Å². The van der Waals surface area contributed by atoms with Crippen molar-refractivity contribution < 1.29 is 14.7 Å². The zero-order chi connectivity index (χ0) is 21.3. The van der Waals surface area contributed by atoms with E-state index in [-0.39, 0.29) is 17.6 Å². The van der Waals surface area contributed by atoms with E-state index in [4.69, 9.17) is 11.6 Å². The number of benzene rings is 2. The number of aryl methyl sites for hydroxylation is 1. The van der Waals surface area contributed by atoms with Crippen molar-refractivity contribution in [2.45, 2.75) is 12.8 Å². The number of aromatic hydroxyl groups is 1. The van der Waals surface area contributed by atoms with Gasteiger partial charge in [-0.1, -0.05) is 48.5 Å². The molecule has 2 fully saturated rings. The summed E-state index contributed by atoms with van der Waals surface area (Å²) in [5, 5.41) is 10.8. The van der Waals surface area contributed by atoms with Crippen LogP contribution in [-0.4, -0.2) is 52.9 Å². The standard InChI is InChI=1S/C24H25ClN2O3/c1-2-23(29)26-12-18-14-27(15-19(18)13-26)24(30)9-8-17-10-20(21(25)11-22(17)28)16-6-4-3-5-7-16/h2-7,10-11,18-19,28H,1,8-9,12-15H2. The minimum atomic E-state index is -0.0327. The van der Waals surface area contributed by atoms with Gasteiger partial charge in [-0.15, -0.1) is 0 Å². The zero-order valence-electron chi connectivity index (χ0n) is 16.8. The number of hydrogen-bond donors (Lipinski definition) is 1. The second-order valence-corrected chi connectivity index (χ2v) is 8.50. The molecule has 5 nitrogen and oxygen atoms in total. The number of carbonyl (C=O) groups is 2. The van der Waals surface area contributed by atoms with E-state index in [1.807, 2.05) is 46.2 Å². The number of halogens is 1. The fourth-order valence-corrected chi connectivity index (χ4v) is 4.82. The number of amides is 2. The average molecular weight is 425 g/mol. The quantitative estimate of drug-likeness (QED) is 0.743. The van der Waals surface area contributed by atoms with Crippen LogP contribution in [-0.2, 0) is 16.0 Å². The maximum absolute atomic E-state index is 12.8. The third-order valence-corrected chi connectivity index (χ3v) is 6.50. The number of carbonyl (C=O) groups excluding carboxylic acids is 2. The van der Waals surface area contributed by atoms with Crippen LogP contribution in [0.3, 0.4) is 0 Å². The number of phenols is 1. The maximum atomic E-state index is 12.8. The molecule has 0 saturated carbocycles. The van der Waals surface area contributed by atoms with E-state index in [1.165, 1.54) is 6.08 Å². The molecule has 2 saturated heterocycles. The molecule has 1 N–H and O–H groups in total. The maximum Gasteiger partial charge on any atom is 0.245 e. The molecule has 0 radical (unpaired) electrons. The first-order chi connectivity index (χ1) is 14.5. The van der Waals surface area contributed by atoms with Gasteiger partial charge in [0.25, 0.3) is 0 Å². The Bertz CT molecular complexity index is 962. The molecule has 2 aliphatic rings. The van der Waals surface area contributed by atoms with Crippen LogP contribution in [0.2, 0.25) is 5.02 Å². The number of nitrogens with zero attached hydrogens (tertiary/aromatic N) is 2. The molecule has 30 heavy (non-hydrogen) atoms. The van der Waals surface area contributed by atoms with Gasteiger partial charge in [0.2, 0.25) is 11.8 Å². The highest BCUT2D eigenvalue weighted by Crippen LogP contribution is 2.35. The fraction of sp³-hybridized carbons (Fsp3) is 0.333. The Kier molecular flexibility index (Phi) is 5.82. The van der Waals surface area contributed by atoms with E-state index in [1.54, 1.807) is 6.07 Å². The normalized spacial score (nSPS) is 20.3. The molecule has 2 atom stereocenters. The summed E-state index contributed by atoms with van der Waals surface area (Å²) < 4.78 is 0. The third kappa shape index (κ3) is 4.08. The highest BCUT2D eigenvalue weighted by molar-refractivity contribution is 6.33. The minimum Gasteiger partial charge on any atom is -0.508 e. The number of rotatable bonds is 5. The van der Waals surface area contributed by atoms with Crippen molar-refractivity contribution in [3.8, 4) is 16.9 Å². The van der Waals surface area contributed by atoms with Crippen LogP contribution in [0.5, 0.6) is 5.75 Å². The van der Waals surface area contributed by atoms with Gasteiger partial charge < -0.3 is 14.9 Å². The number of phenolic OH excluding ortho intramolecular Hbond substituents is 1. The number of fused-ring (bicyclic) bond motifs is 1. The van der Waals surface area contributed by atoms with Crippen molar-refractivity contribution in [1.82, 2.24) is 9.80 Å². The predicted octanol–water partition coefficient (Wildman–Crippen LogP) is 3.75. The van der Waals surface area contributed by atoms with Crippen LogP contribution in [0.15, 0.2) is 55.1 Å². The molecule has 0 spiro atoms. The van der Waals surface area contributed by atoms with Crippen LogP contribution >= 0.6 is 11.6 Å². The van der Waals surface area contributed by atoms with Gasteiger partial charge in [0.15, 0.2) is 0 Å². The van der Waals surface area contributed by atoms with Gasteiger partial charge in [-0.3, -0.25) is 9.59 Å². The third-order valence-electron chi connectivity index (χ3n) is 6.19. The van der Waals surface area contributed by atoms with Crippen molar-refractivity contribution in [3.63, 3.8) is 0 Å². The second-order valence-electron chi connectivity index (χ2n) is 8.09. The van der Waals surface area contributed by atoms with Gasteiger partial charge in [-0.25, -0.2) is 0 Å². The van der Waals surface area contributed by atoms with Gasteiger partial charge in [0.05, 0.1) is 5.02 Å². The first-order valence-electron chi connectivity index (χ1n) is 10.2. The lowest BCUT2D eigenvalue weighted by molar-refractivity contribution is -0.130. The summed E-state index contributed by atoms with van der Waals surface area (Å²) in [5.41, 5.74) is 2.54. The van der Waals surface area contributed by atoms with Crippen molar-refractivity contribution in [2.24, 2.45) is 11.8 Å². The van der Waals surface area contributed by atoms with Gasteiger partial charge in [0.1, 0.15) is 5.75 Å². The molecule has 0 aromatic heterocycles. The summed E-state index contributed by atoms with van der Waals surface area (Å²) in [5.74, 6) is 0.846. The second kappa shape index (κ2) is 8.52. The molecular weight excluding hydrogens is 400 g/mol. The molecule has 156 valence electrons. The van der Waals surface area contributed by atoms with Gasteiger partial charge in [-0.2, -0.15) is 0 Å². The number of likely N-dealkylation sites (tertiary alicyclic amines) is 2. The molecule has 2 amide bonds. The van der Waals surface area contributed by atoms with Crippen molar-refractivity contribution in [2.75, 3.05) is 26.2 Å². The Hall–Kier alpha value is -2.79. The molecule has 2 heterocycles. The number of hydrogen-bond acceptors (Lipinski definition) is 3. The molecule has 0 bridgehead atoms. The Morgan fingerprint density at radius 2 is 1.70 bits per heavy atom. The summed E-state index contributed by atoms with van der Waals surface area (Å²) in [4.78, 5) is 28.3. The first-order valence-corrected chi connectivity index (χ1v) is 10.6. The predicted molar refractivity (Wildman–Crippen MR) is 117 cm³/mol. The summed E-state index contributed by atoms with van der Waals surface area (Å²) >= 11 is 6.33. The lowest BCUT2D eigenvalue weighted by Gasteiger charge is -2.21. The highest BCUT2D eigenvalue weighted by atomic mass is 35.5.